The van der Waals surface area contributed by atoms with Crippen LogP contribution < -0.4 is 10.5 Å². The Balaban J connectivity index is 2.02. The van der Waals surface area contributed by atoms with Crippen molar-refractivity contribution in [3.8, 4) is 5.75 Å². The van der Waals surface area contributed by atoms with Crippen molar-refractivity contribution < 1.29 is 4.74 Å². The smallest absolute Gasteiger partial charge is 0.119 e. The Morgan fingerprint density at radius 1 is 1.35 bits per heavy atom. The summed E-state index contributed by atoms with van der Waals surface area (Å²) in [4.78, 5) is 0. The Morgan fingerprint density at radius 2 is 2.18 bits per heavy atom. The van der Waals surface area contributed by atoms with Crippen LogP contribution in [0.25, 0.3) is 0 Å². The van der Waals surface area contributed by atoms with Gasteiger partial charge in [-0.25, -0.2) is 0 Å². The van der Waals surface area contributed by atoms with Crippen LogP contribution >= 0.6 is 0 Å². The summed E-state index contributed by atoms with van der Waals surface area (Å²) in [5, 5.41) is 0. The molecule has 2 aliphatic rings. The van der Waals surface area contributed by atoms with Crippen molar-refractivity contribution in [1.82, 2.24) is 0 Å². The van der Waals surface area contributed by atoms with Crippen LogP contribution in [0.3, 0.4) is 0 Å². The molecule has 0 amide bonds. The SMILES string of the molecule is COc1ccc2c(c1)C(CCN)CCC21CC1. The molecule has 17 heavy (non-hydrogen) atoms. The minimum atomic E-state index is 0.534. The van der Waals surface area contributed by atoms with Gasteiger partial charge in [0.1, 0.15) is 5.75 Å². The molecule has 1 atom stereocenters. The molecule has 2 nitrogen and oxygen atoms in total. The second kappa shape index (κ2) is 4.02. The molecule has 0 aromatic heterocycles. The van der Waals surface area contributed by atoms with E-state index in [0.717, 1.165) is 18.7 Å². The van der Waals surface area contributed by atoms with E-state index in [9.17, 15) is 0 Å². The highest BCUT2D eigenvalue weighted by atomic mass is 16.5. The number of hydrogen-bond donors (Lipinski definition) is 1. The molecule has 0 bridgehead atoms. The average Bonchev–Trinajstić information content (AvgIpc) is 3.14. The summed E-state index contributed by atoms with van der Waals surface area (Å²) >= 11 is 0. The zero-order chi connectivity index (χ0) is 11.9. The molecule has 92 valence electrons. The lowest BCUT2D eigenvalue weighted by molar-refractivity contribution is 0.407. The molecular formula is C15H21NO. The van der Waals surface area contributed by atoms with Gasteiger partial charge >= 0.3 is 0 Å². The lowest BCUT2D eigenvalue weighted by atomic mass is 9.73. The first-order chi connectivity index (χ1) is 8.29. The van der Waals surface area contributed by atoms with E-state index in [0.29, 0.717) is 11.3 Å². The molecule has 2 N–H and O–H groups in total. The van der Waals surface area contributed by atoms with Crippen LogP contribution in [0.15, 0.2) is 18.2 Å². The lowest BCUT2D eigenvalue weighted by Gasteiger charge is -2.32. The van der Waals surface area contributed by atoms with Crippen LogP contribution in [0.4, 0.5) is 0 Å². The van der Waals surface area contributed by atoms with Crippen molar-refractivity contribution in [1.29, 1.82) is 0 Å². The van der Waals surface area contributed by atoms with Crippen LogP contribution in [0.2, 0.25) is 0 Å². The van der Waals surface area contributed by atoms with Gasteiger partial charge in [0.15, 0.2) is 0 Å². The van der Waals surface area contributed by atoms with E-state index >= 15 is 0 Å². The summed E-state index contributed by atoms with van der Waals surface area (Å²) in [6, 6.07) is 6.66. The molecule has 0 radical (unpaired) electrons. The van der Waals surface area contributed by atoms with E-state index in [4.69, 9.17) is 10.5 Å². The first-order valence-electron chi connectivity index (χ1n) is 6.67. The fourth-order valence-corrected chi connectivity index (χ4v) is 3.40. The van der Waals surface area contributed by atoms with Gasteiger partial charge in [-0.1, -0.05) is 6.07 Å². The number of hydrogen-bond acceptors (Lipinski definition) is 2. The quantitative estimate of drug-likeness (QED) is 0.868. The topological polar surface area (TPSA) is 35.2 Å². The fourth-order valence-electron chi connectivity index (χ4n) is 3.40. The number of benzene rings is 1. The Morgan fingerprint density at radius 3 is 2.82 bits per heavy atom. The standard InChI is InChI=1S/C15H21NO/c1-17-12-2-3-14-13(10-12)11(5-9-16)4-6-15(14)7-8-15/h2-3,10-11H,4-9,16H2,1H3. The molecule has 1 unspecified atom stereocenters. The summed E-state index contributed by atoms with van der Waals surface area (Å²) in [7, 11) is 1.75. The molecule has 3 rings (SSSR count). The van der Waals surface area contributed by atoms with E-state index in [1.807, 2.05) is 0 Å². The number of fused-ring (bicyclic) bond motifs is 2. The number of nitrogens with two attached hydrogens (primary N) is 1. The van der Waals surface area contributed by atoms with Gasteiger partial charge in [0.25, 0.3) is 0 Å². The zero-order valence-corrected chi connectivity index (χ0v) is 10.5. The highest BCUT2D eigenvalue weighted by Crippen LogP contribution is 2.58. The van der Waals surface area contributed by atoms with Crippen LogP contribution in [0, 0.1) is 0 Å². The summed E-state index contributed by atoms with van der Waals surface area (Å²) in [5.74, 6) is 1.64. The predicted octanol–water partition coefficient (Wildman–Crippen LogP) is 2.95. The maximum atomic E-state index is 5.74. The van der Waals surface area contributed by atoms with Crippen molar-refractivity contribution in [2.24, 2.45) is 5.73 Å². The summed E-state index contributed by atoms with van der Waals surface area (Å²) < 4.78 is 5.36. The third kappa shape index (κ3) is 1.75. The largest absolute Gasteiger partial charge is 0.497 e. The third-order valence-corrected chi connectivity index (χ3v) is 4.61. The molecule has 0 saturated heterocycles. The van der Waals surface area contributed by atoms with Gasteiger partial charge < -0.3 is 10.5 Å². The van der Waals surface area contributed by atoms with Crippen LogP contribution in [-0.4, -0.2) is 13.7 Å². The first kappa shape index (κ1) is 11.1. The Labute approximate surface area is 103 Å². The van der Waals surface area contributed by atoms with Crippen molar-refractivity contribution in [3.63, 3.8) is 0 Å². The molecule has 1 aromatic rings. The molecule has 2 aliphatic carbocycles. The van der Waals surface area contributed by atoms with E-state index < -0.39 is 0 Å². The molecule has 1 fully saturated rings. The normalized spacial score (nSPS) is 24.5. The highest BCUT2D eigenvalue weighted by Gasteiger charge is 2.48. The molecule has 1 aromatic carbocycles. The third-order valence-electron chi connectivity index (χ3n) is 4.61. The van der Waals surface area contributed by atoms with Gasteiger partial charge in [-0.3, -0.25) is 0 Å². The van der Waals surface area contributed by atoms with E-state index in [1.54, 1.807) is 12.7 Å². The van der Waals surface area contributed by atoms with Crippen LogP contribution in [-0.2, 0) is 5.41 Å². The number of rotatable bonds is 3. The van der Waals surface area contributed by atoms with Crippen molar-refractivity contribution >= 4 is 0 Å². The maximum absolute atomic E-state index is 5.74. The highest BCUT2D eigenvalue weighted by molar-refractivity contribution is 5.46. The summed E-state index contributed by atoms with van der Waals surface area (Å²) in [5.41, 5.74) is 9.37. The number of methoxy groups -OCH3 is 1. The first-order valence-corrected chi connectivity index (χ1v) is 6.67. The summed E-state index contributed by atoms with van der Waals surface area (Å²) in [6.45, 7) is 0.786. The monoisotopic (exact) mass is 231 g/mol. The maximum Gasteiger partial charge on any atom is 0.119 e. The molecule has 2 heteroatoms. The van der Waals surface area contributed by atoms with Gasteiger partial charge in [0.05, 0.1) is 7.11 Å². The van der Waals surface area contributed by atoms with Gasteiger partial charge in [-0.15, -0.1) is 0 Å². The lowest BCUT2D eigenvalue weighted by Crippen LogP contribution is -2.21. The molecule has 1 spiro atoms. The Hall–Kier alpha value is -1.02. The van der Waals surface area contributed by atoms with Crippen molar-refractivity contribution in [2.75, 3.05) is 13.7 Å². The molecule has 1 saturated carbocycles. The molecule has 0 aliphatic heterocycles. The van der Waals surface area contributed by atoms with E-state index in [-0.39, 0.29) is 0 Å². The number of ether oxygens (including phenoxy) is 1. The Kier molecular flexibility index (Phi) is 2.62. The van der Waals surface area contributed by atoms with Gasteiger partial charge in [-0.05, 0) is 73.2 Å². The average molecular weight is 231 g/mol. The van der Waals surface area contributed by atoms with E-state index in [1.165, 1.54) is 31.2 Å². The van der Waals surface area contributed by atoms with Gasteiger partial charge in [0.2, 0.25) is 0 Å². The second-order valence-electron chi connectivity index (χ2n) is 5.55. The molecular weight excluding hydrogens is 210 g/mol. The van der Waals surface area contributed by atoms with Crippen molar-refractivity contribution in [2.45, 2.75) is 43.4 Å². The fraction of sp³-hybridized carbons (Fsp3) is 0.600. The minimum Gasteiger partial charge on any atom is -0.497 e. The van der Waals surface area contributed by atoms with E-state index in [2.05, 4.69) is 18.2 Å². The minimum absolute atomic E-state index is 0.534. The van der Waals surface area contributed by atoms with Crippen LogP contribution in [0.1, 0.15) is 49.1 Å². The van der Waals surface area contributed by atoms with Gasteiger partial charge in [-0.2, -0.15) is 0 Å². The Bertz CT molecular complexity index is 423. The molecule has 0 heterocycles. The van der Waals surface area contributed by atoms with Crippen LogP contribution in [0.5, 0.6) is 5.75 Å². The predicted molar refractivity (Wildman–Crippen MR) is 69.6 cm³/mol. The van der Waals surface area contributed by atoms with Gasteiger partial charge in [0, 0.05) is 0 Å². The zero-order valence-electron chi connectivity index (χ0n) is 10.5. The second-order valence-corrected chi connectivity index (χ2v) is 5.55. The summed E-state index contributed by atoms with van der Waals surface area (Å²) in [6.07, 6.45) is 6.52. The van der Waals surface area contributed by atoms with Crippen molar-refractivity contribution in [3.05, 3.63) is 29.3 Å².